The first-order chi connectivity index (χ1) is 14.4. The zero-order chi connectivity index (χ0) is 21.7. The molecule has 0 amide bonds. The van der Waals surface area contributed by atoms with Crippen LogP contribution < -0.4 is 10.6 Å². The quantitative estimate of drug-likeness (QED) is 0.491. The molecular formula is C23H36N7+. The van der Waals surface area contributed by atoms with Gasteiger partial charge in [0.2, 0.25) is 0 Å². The molecule has 2 N–H and O–H groups in total. The zero-order valence-electron chi connectivity index (χ0n) is 18.9. The third-order valence-electron chi connectivity index (χ3n) is 5.48. The van der Waals surface area contributed by atoms with Gasteiger partial charge in [-0.05, 0) is 58.0 Å². The third kappa shape index (κ3) is 5.48. The molecule has 30 heavy (non-hydrogen) atoms. The van der Waals surface area contributed by atoms with Crippen molar-refractivity contribution < 1.29 is 4.58 Å². The van der Waals surface area contributed by atoms with Crippen LogP contribution in [0.15, 0.2) is 36.8 Å². The summed E-state index contributed by atoms with van der Waals surface area (Å²) in [6.45, 7) is 18.6. The second kappa shape index (κ2) is 9.89. The number of rotatable bonds is 9. The minimum absolute atomic E-state index is 0.459. The molecule has 1 saturated heterocycles. The number of imidazole rings is 1. The molecule has 162 valence electrons. The Morgan fingerprint density at radius 3 is 2.73 bits per heavy atom. The van der Waals surface area contributed by atoms with Gasteiger partial charge in [-0.2, -0.15) is 0 Å². The summed E-state index contributed by atoms with van der Waals surface area (Å²) in [6.07, 6.45) is 6.14. The third-order valence-corrected chi connectivity index (χ3v) is 5.48. The Hall–Kier alpha value is -2.67. The summed E-state index contributed by atoms with van der Waals surface area (Å²) in [7, 11) is 2.17. The van der Waals surface area contributed by atoms with Gasteiger partial charge in [0.15, 0.2) is 5.65 Å². The minimum atomic E-state index is 0.459. The van der Waals surface area contributed by atoms with Crippen LogP contribution in [0.4, 0.5) is 5.82 Å². The highest BCUT2D eigenvalue weighted by Crippen LogP contribution is 2.18. The van der Waals surface area contributed by atoms with E-state index in [1.807, 2.05) is 40.4 Å². The van der Waals surface area contributed by atoms with Crippen molar-refractivity contribution in [1.29, 1.82) is 0 Å². The van der Waals surface area contributed by atoms with Crippen molar-refractivity contribution in [2.45, 2.75) is 39.7 Å². The summed E-state index contributed by atoms with van der Waals surface area (Å²) in [5, 5.41) is 11.8. The highest BCUT2D eigenvalue weighted by Gasteiger charge is 2.18. The van der Waals surface area contributed by atoms with Crippen LogP contribution in [0.3, 0.4) is 0 Å². The van der Waals surface area contributed by atoms with Crippen LogP contribution >= 0.6 is 0 Å². The van der Waals surface area contributed by atoms with E-state index in [1.165, 1.54) is 0 Å². The molecule has 0 saturated carbocycles. The molecule has 0 spiro atoms. The van der Waals surface area contributed by atoms with Crippen LogP contribution in [0.2, 0.25) is 0 Å². The lowest BCUT2D eigenvalue weighted by Crippen LogP contribution is -2.36. The van der Waals surface area contributed by atoms with Crippen LogP contribution in [-0.2, 0) is 0 Å². The SMILES string of the molecule is C=C(C[N+](=C)C(=CC)NCC(C)C)c1cnc2ccc(NC3CCN(C)CC3)nn12. The normalized spacial score (nSPS) is 16.2. The Morgan fingerprint density at radius 2 is 2.07 bits per heavy atom. The van der Waals surface area contributed by atoms with E-state index < -0.39 is 0 Å². The number of nitrogens with zero attached hydrogens (tertiary/aromatic N) is 5. The molecule has 0 bridgehead atoms. The van der Waals surface area contributed by atoms with Crippen molar-refractivity contribution >= 4 is 23.8 Å². The molecule has 1 aliphatic heterocycles. The molecule has 0 unspecified atom stereocenters. The molecule has 0 aliphatic carbocycles. The minimum Gasteiger partial charge on any atom is -0.366 e. The molecule has 0 atom stereocenters. The molecule has 7 heteroatoms. The first-order valence-electron chi connectivity index (χ1n) is 10.8. The van der Waals surface area contributed by atoms with Crippen molar-refractivity contribution in [3.8, 4) is 0 Å². The van der Waals surface area contributed by atoms with Crippen molar-refractivity contribution in [2.75, 3.05) is 38.5 Å². The monoisotopic (exact) mass is 410 g/mol. The topological polar surface area (TPSA) is 60.5 Å². The molecule has 2 aromatic rings. The van der Waals surface area contributed by atoms with Gasteiger partial charge in [0, 0.05) is 17.7 Å². The summed E-state index contributed by atoms with van der Waals surface area (Å²) in [5.74, 6) is 2.44. The van der Waals surface area contributed by atoms with Gasteiger partial charge in [0.05, 0.1) is 25.2 Å². The van der Waals surface area contributed by atoms with E-state index in [1.54, 1.807) is 0 Å². The smallest absolute Gasteiger partial charge is 0.269 e. The fourth-order valence-corrected chi connectivity index (χ4v) is 3.66. The van der Waals surface area contributed by atoms with E-state index in [4.69, 9.17) is 5.10 Å². The Bertz CT molecular complexity index is 917. The fourth-order valence-electron chi connectivity index (χ4n) is 3.66. The zero-order valence-corrected chi connectivity index (χ0v) is 18.9. The van der Waals surface area contributed by atoms with Gasteiger partial charge in [-0.3, -0.25) is 5.32 Å². The number of nitrogens with one attached hydrogen (secondary N) is 2. The maximum absolute atomic E-state index is 4.80. The van der Waals surface area contributed by atoms with Crippen LogP contribution in [0.1, 0.15) is 39.3 Å². The first-order valence-corrected chi connectivity index (χ1v) is 10.8. The molecule has 1 aliphatic rings. The molecule has 0 aromatic carbocycles. The number of hydrogen-bond acceptors (Lipinski definition) is 5. The number of hydrogen-bond donors (Lipinski definition) is 2. The molecule has 1 fully saturated rings. The van der Waals surface area contributed by atoms with Gasteiger partial charge in [0.1, 0.15) is 12.4 Å². The van der Waals surface area contributed by atoms with E-state index in [-0.39, 0.29) is 0 Å². The summed E-state index contributed by atoms with van der Waals surface area (Å²) >= 11 is 0. The van der Waals surface area contributed by atoms with E-state index in [0.29, 0.717) is 18.5 Å². The Labute approximate surface area is 180 Å². The summed E-state index contributed by atoms with van der Waals surface area (Å²) in [4.78, 5) is 6.87. The molecular weight excluding hydrogens is 374 g/mol. The van der Waals surface area contributed by atoms with E-state index >= 15 is 0 Å². The van der Waals surface area contributed by atoms with E-state index in [2.05, 4.69) is 54.7 Å². The molecule has 2 aromatic heterocycles. The lowest BCUT2D eigenvalue weighted by molar-refractivity contribution is -0.460. The van der Waals surface area contributed by atoms with Gasteiger partial charge < -0.3 is 10.2 Å². The average Bonchev–Trinajstić information content (AvgIpc) is 3.13. The van der Waals surface area contributed by atoms with Crippen molar-refractivity contribution in [1.82, 2.24) is 24.8 Å². The standard InChI is InChI=1S/C23H36N7/c1-7-22(24-14-17(2)3)29(6)16-18(4)20-15-25-23-9-8-21(27-30(20)23)26-19-10-12-28(5)13-11-19/h7-9,15,17,19,24H,4,6,10-14,16H2,1-3,5H3,(H,26,27)/q+1. The second-order valence-electron chi connectivity index (χ2n) is 8.60. The Balaban J connectivity index is 1.70. The van der Waals surface area contributed by atoms with Gasteiger partial charge >= 0.3 is 0 Å². The predicted octanol–water partition coefficient (Wildman–Crippen LogP) is 3.07. The maximum Gasteiger partial charge on any atom is 0.269 e. The van der Waals surface area contributed by atoms with Crippen molar-refractivity contribution in [2.24, 2.45) is 5.92 Å². The van der Waals surface area contributed by atoms with Crippen LogP contribution in [0.25, 0.3) is 11.2 Å². The number of aromatic nitrogens is 3. The van der Waals surface area contributed by atoms with Gasteiger partial charge in [-0.25, -0.2) is 14.1 Å². The van der Waals surface area contributed by atoms with Crippen molar-refractivity contribution in [3.05, 3.63) is 42.5 Å². The Kier molecular flexibility index (Phi) is 7.26. The predicted molar refractivity (Wildman–Crippen MR) is 125 cm³/mol. The summed E-state index contributed by atoms with van der Waals surface area (Å²) in [5.41, 5.74) is 2.65. The summed E-state index contributed by atoms with van der Waals surface area (Å²) in [6, 6.07) is 4.47. The molecule has 3 rings (SSSR count). The molecule has 7 nitrogen and oxygen atoms in total. The highest BCUT2D eigenvalue weighted by molar-refractivity contribution is 5.64. The van der Waals surface area contributed by atoms with Crippen molar-refractivity contribution in [3.63, 3.8) is 0 Å². The number of allylic oxidation sites excluding steroid dienone is 1. The van der Waals surface area contributed by atoms with Crippen LogP contribution in [0, 0.1) is 5.92 Å². The number of fused-ring (bicyclic) bond motifs is 1. The summed E-state index contributed by atoms with van der Waals surface area (Å²) < 4.78 is 3.81. The lowest BCUT2D eigenvalue weighted by atomic mass is 10.1. The molecule has 0 radical (unpaired) electrons. The van der Waals surface area contributed by atoms with Crippen LogP contribution in [0.5, 0.6) is 0 Å². The first kappa shape index (κ1) is 22.0. The van der Waals surface area contributed by atoms with E-state index in [9.17, 15) is 0 Å². The van der Waals surface area contributed by atoms with Gasteiger partial charge in [0.25, 0.3) is 5.82 Å². The molecule has 3 heterocycles. The van der Waals surface area contributed by atoms with E-state index in [0.717, 1.165) is 61.0 Å². The largest absolute Gasteiger partial charge is 0.366 e. The Morgan fingerprint density at radius 1 is 1.33 bits per heavy atom. The average molecular weight is 411 g/mol. The second-order valence-corrected chi connectivity index (χ2v) is 8.60. The maximum atomic E-state index is 4.80. The van der Waals surface area contributed by atoms with Crippen LogP contribution in [-0.4, -0.2) is 70.1 Å². The number of piperidine rings is 1. The highest BCUT2D eigenvalue weighted by atomic mass is 15.3. The van der Waals surface area contributed by atoms with Gasteiger partial charge in [-0.1, -0.05) is 20.4 Å². The number of likely N-dealkylation sites (tertiary alicyclic amines) is 1. The number of anilines is 1. The van der Waals surface area contributed by atoms with Gasteiger partial charge in [-0.15, -0.1) is 5.10 Å². The fraction of sp³-hybridized carbons (Fsp3) is 0.522. The lowest BCUT2D eigenvalue weighted by Gasteiger charge is -2.29.